The Morgan fingerprint density at radius 3 is 2.22 bits per heavy atom. The van der Waals surface area contributed by atoms with Gasteiger partial charge in [-0.25, -0.2) is 4.68 Å². The molecule has 27 heavy (non-hydrogen) atoms. The minimum absolute atomic E-state index is 0.349. The van der Waals surface area contributed by atoms with Crippen molar-refractivity contribution in [3.63, 3.8) is 0 Å². The summed E-state index contributed by atoms with van der Waals surface area (Å²) in [5.74, 6) is -0.894. The van der Waals surface area contributed by atoms with Gasteiger partial charge in [0.15, 0.2) is 0 Å². The Labute approximate surface area is 160 Å². The van der Waals surface area contributed by atoms with Gasteiger partial charge in [-0.3, -0.25) is 9.59 Å². The fourth-order valence-electron chi connectivity index (χ4n) is 2.97. The van der Waals surface area contributed by atoms with E-state index in [0.29, 0.717) is 34.1 Å². The zero-order chi connectivity index (χ0) is 19.0. The molecule has 0 N–H and O–H groups in total. The first-order chi connectivity index (χ1) is 13.1. The monoisotopic (exact) mass is 378 g/mol. The van der Waals surface area contributed by atoms with E-state index < -0.39 is 11.8 Å². The third kappa shape index (κ3) is 3.04. The second-order valence-corrected chi connectivity index (χ2v) is 6.50. The fraction of sp³-hybridized carbons (Fsp3) is 0.100. The number of fused-ring (bicyclic) bond motifs is 1. The number of nitrogens with zero attached hydrogens (tertiary/aromatic N) is 4. The summed E-state index contributed by atoms with van der Waals surface area (Å²) in [7, 11) is 0. The van der Waals surface area contributed by atoms with Gasteiger partial charge in [-0.05, 0) is 24.6 Å². The lowest BCUT2D eigenvalue weighted by Crippen LogP contribution is -2.24. The van der Waals surface area contributed by atoms with Gasteiger partial charge in [0, 0.05) is 0 Å². The lowest BCUT2D eigenvalue weighted by atomic mass is 10.1. The highest BCUT2D eigenvalue weighted by atomic mass is 35.5. The minimum atomic E-state index is -0.447. The van der Waals surface area contributed by atoms with Crippen LogP contribution in [0.4, 0.5) is 0 Å². The van der Waals surface area contributed by atoms with E-state index in [2.05, 4.69) is 10.2 Å². The largest absolute Gasteiger partial charge is 0.282 e. The maximum absolute atomic E-state index is 12.4. The quantitative estimate of drug-likeness (QED) is 0.515. The molecule has 0 unspecified atom stereocenters. The van der Waals surface area contributed by atoms with Crippen LogP contribution in [0, 0.1) is 6.92 Å². The molecule has 4 rings (SSSR count). The van der Waals surface area contributed by atoms with E-state index >= 15 is 0 Å². The summed E-state index contributed by atoms with van der Waals surface area (Å²) in [4.78, 5) is 24.8. The standard InChI is InChI=1S/C20H15ClN4O2/c1-13-17(18(21)24(23-13)12-14-7-3-2-4-8-14)11-22-25-19(26)15-9-5-6-10-16(15)20(25)27/h2-11H,12H2,1H3. The lowest BCUT2D eigenvalue weighted by molar-refractivity contribution is 0.0660. The minimum Gasteiger partial charge on any atom is -0.267 e. The van der Waals surface area contributed by atoms with E-state index in [1.54, 1.807) is 35.9 Å². The molecule has 2 aromatic carbocycles. The molecule has 0 fully saturated rings. The van der Waals surface area contributed by atoms with Crippen molar-refractivity contribution in [3.8, 4) is 0 Å². The molecule has 0 aliphatic carbocycles. The first-order valence-electron chi connectivity index (χ1n) is 8.35. The Bertz CT molecular complexity index is 1040. The molecule has 0 atom stereocenters. The van der Waals surface area contributed by atoms with Gasteiger partial charge in [-0.2, -0.15) is 15.2 Å². The molecule has 0 saturated carbocycles. The molecule has 3 aromatic rings. The van der Waals surface area contributed by atoms with Crippen molar-refractivity contribution in [2.45, 2.75) is 13.5 Å². The number of carbonyl (C=O) groups excluding carboxylic acids is 2. The molecular weight excluding hydrogens is 364 g/mol. The van der Waals surface area contributed by atoms with Gasteiger partial charge >= 0.3 is 0 Å². The van der Waals surface area contributed by atoms with E-state index in [1.165, 1.54) is 6.21 Å². The smallest absolute Gasteiger partial charge is 0.267 e. The van der Waals surface area contributed by atoms with Gasteiger partial charge in [-0.1, -0.05) is 54.1 Å². The first-order valence-corrected chi connectivity index (χ1v) is 8.72. The van der Waals surface area contributed by atoms with Crippen molar-refractivity contribution in [1.29, 1.82) is 0 Å². The van der Waals surface area contributed by atoms with E-state index in [-0.39, 0.29) is 0 Å². The number of hydrogen-bond donors (Lipinski definition) is 0. The van der Waals surface area contributed by atoms with Crippen LogP contribution in [-0.2, 0) is 6.54 Å². The van der Waals surface area contributed by atoms with Crippen LogP contribution in [-0.4, -0.2) is 32.8 Å². The predicted molar refractivity (Wildman–Crippen MR) is 102 cm³/mol. The van der Waals surface area contributed by atoms with Crippen LogP contribution in [0.3, 0.4) is 0 Å². The second kappa shape index (κ2) is 6.81. The van der Waals surface area contributed by atoms with Crippen LogP contribution in [0.2, 0.25) is 5.15 Å². The summed E-state index contributed by atoms with van der Waals surface area (Å²) in [6.07, 6.45) is 1.41. The van der Waals surface area contributed by atoms with E-state index in [0.717, 1.165) is 10.6 Å². The van der Waals surface area contributed by atoms with Crippen molar-refractivity contribution in [1.82, 2.24) is 14.8 Å². The number of hydrogen-bond acceptors (Lipinski definition) is 4. The van der Waals surface area contributed by atoms with Crippen LogP contribution in [0.1, 0.15) is 37.5 Å². The average Bonchev–Trinajstić information content (AvgIpc) is 3.08. The van der Waals surface area contributed by atoms with Gasteiger partial charge in [0.1, 0.15) is 5.15 Å². The number of imide groups is 1. The topological polar surface area (TPSA) is 67.6 Å². The Morgan fingerprint density at radius 1 is 1.00 bits per heavy atom. The number of benzene rings is 2. The third-order valence-electron chi connectivity index (χ3n) is 4.36. The van der Waals surface area contributed by atoms with Crippen LogP contribution in [0.15, 0.2) is 59.7 Å². The summed E-state index contributed by atoms with van der Waals surface area (Å²) in [5, 5.41) is 9.77. The van der Waals surface area contributed by atoms with Gasteiger partial charge < -0.3 is 0 Å². The first kappa shape index (κ1) is 17.2. The maximum Gasteiger partial charge on any atom is 0.282 e. The van der Waals surface area contributed by atoms with E-state index in [9.17, 15) is 9.59 Å². The molecule has 2 heterocycles. The summed E-state index contributed by atoms with van der Waals surface area (Å²) in [6, 6.07) is 16.5. The number of aryl methyl sites for hydroxylation is 1. The molecule has 0 bridgehead atoms. The van der Waals surface area contributed by atoms with Crippen molar-refractivity contribution in [3.05, 3.63) is 87.7 Å². The Kier molecular flexibility index (Phi) is 4.33. The van der Waals surface area contributed by atoms with Crippen LogP contribution in [0.25, 0.3) is 0 Å². The molecule has 1 aliphatic heterocycles. The molecule has 7 heteroatoms. The number of halogens is 1. The van der Waals surface area contributed by atoms with Gasteiger partial charge in [0.25, 0.3) is 11.8 Å². The fourth-order valence-corrected chi connectivity index (χ4v) is 3.25. The lowest BCUT2D eigenvalue weighted by Gasteiger charge is -2.05. The predicted octanol–water partition coefficient (Wildman–Crippen LogP) is 3.52. The molecule has 0 radical (unpaired) electrons. The molecule has 1 aliphatic rings. The van der Waals surface area contributed by atoms with Crippen molar-refractivity contribution in [2.24, 2.45) is 5.10 Å². The summed E-state index contributed by atoms with van der Waals surface area (Å²) < 4.78 is 1.66. The summed E-state index contributed by atoms with van der Waals surface area (Å²) in [5.41, 5.74) is 3.00. The van der Waals surface area contributed by atoms with Gasteiger partial charge in [0.05, 0.1) is 35.1 Å². The molecule has 0 spiro atoms. The Hall–Kier alpha value is -3.25. The van der Waals surface area contributed by atoms with Crippen molar-refractivity contribution in [2.75, 3.05) is 0 Å². The molecule has 1 aromatic heterocycles. The summed E-state index contributed by atoms with van der Waals surface area (Å²) in [6.45, 7) is 2.32. The summed E-state index contributed by atoms with van der Waals surface area (Å²) >= 11 is 6.45. The zero-order valence-electron chi connectivity index (χ0n) is 14.5. The number of aromatic nitrogens is 2. The number of carbonyl (C=O) groups is 2. The van der Waals surface area contributed by atoms with Crippen LogP contribution in [0.5, 0.6) is 0 Å². The highest BCUT2D eigenvalue weighted by molar-refractivity contribution is 6.32. The van der Waals surface area contributed by atoms with E-state index in [1.807, 2.05) is 30.3 Å². The Balaban J connectivity index is 1.60. The molecule has 6 nitrogen and oxygen atoms in total. The normalized spacial score (nSPS) is 13.6. The van der Waals surface area contributed by atoms with Gasteiger partial charge in [-0.15, -0.1) is 0 Å². The van der Waals surface area contributed by atoms with E-state index in [4.69, 9.17) is 11.6 Å². The number of rotatable bonds is 4. The highest BCUT2D eigenvalue weighted by Crippen LogP contribution is 2.24. The SMILES string of the molecule is Cc1nn(Cc2ccccc2)c(Cl)c1C=NN1C(=O)c2ccccc2C1=O. The van der Waals surface area contributed by atoms with Crippen LogP contribution >= 0.6 is 11.6 Å². The molecule has 134 valence electrons. The maximum atomic E-state index is 12.4. The average molecular weight is 379 g/mol. The van der Waals surface area contributed by atoms with Crippen molar-refractivity contribution < 1.29 is 9.59 Å². The molecular formula is C20H15ClN4O2. The zero-order valence-corrected chi connectivity index (χ0v) is 15.2. The second-order valence-electron chi connectivity index (χ2n) is 6.15. The molecule has 0 saturated heterocycles. The van der Waals surface area contributed by atoms with Gasteiger partial charge in [0.2, 0.25) is 0 Å². The van der Waals surface area contributed by atoms with Crippen LogP contribution < -0.4 is 0 Å². The number of hydrazone groups is 1. The van der Waals surface area contributed by atoms with Crippen molar-refractivity contribution >= 4 is 29.6 Å². The Morgan fingerprint density at radius 2 is 1.59 bits per heavy atom. The highest BCUT2D eigenvalue weighted by Gasteiger charge is 2.35. The number of amides is 2. The molecule has 2 amide bonds. The third-order valence-corrected chi connectivity index (χ3v) is 4.76.